The molecule has 4 rings (SSSR count). The first-order valence-corrected chi connectivity index (χ1v) is 9.58. The Bertz CT molecular complexity index is 1380. The van der Waals surface area contributed by atoms with E-state index < -0.39 is 0 Å². The van der Waals surface area contributed by atoms with Crippen molar-refractivity contribution in [3.05, 3.63) is 74.7 Å². The number of hydrogen-bond donors (Lipinski definition) is 1. The summed E-state index contributed by atoms with van der Waals surface area (Å²) in [6, 6.07) is 7.04. The van der Waals surface area contributed by atoms with E-state index in [-0.39, 0.29) is 29.1 Å². The van der Waals surface area contributed by atoms with Gasteiger partial charge in [-0.05, 0) is 44.5 Å². The summed E-state index contributed by atoms with van der Waals surface area (Å²) in [4.78, 5) is 44.8. The number of H-pyrrole nitrogens is 1. The summed E-state index contributed by atoms with van der Waals surface area (Å²) in [6.07, 6.45) is 2.74. The number of nitrogens with zero attached hydrogens (tertiary/aromatic N) is 4. The predicted octanol–water partition coefficient (Wildman–Crippen LogP) is 3.27. The van der Waals surface area contributed by atoms with Gasteiger partial charge in [-0.3, -0.25) is 19.0 Å². The second-order valence-electron chi connectivity index (χ2n) is 7.06. The number of benzene rings is 1. The molecule has 0 saturated heterocycles. The summed E-state index contributed by atoms with van der Waals surface area (Å²) in [5.74, 6) is -0.428. The molecule has 0 aliphatic carbocycles. The van der Waals surface area contributed by atoms with Gasteiger partial charge in [-0.15, -0.1) is 0 Å². The molecule has 0 unspecified atom stereocenters. The summed E-state index contributed by atoms with van der Waals surface area (Å²) in [5, 5.41) is 5.07. The van der Waals surface area contributed by atoms with Crippen molar-refractivity contribution >= 4 is 34.2 Å². The van der Waals surface area contributed by atoms with Gasteiger partial charge < -0.3 is 4.98 Å². The van der Waals surface area contributed by atoms with Crippen LogP contribution in [-0.4, -0.2) is 35.9 Å². The highest BCUT2D eigenvalue weighted by atomic mass is 35.5. The van der Waals surface area contributed by atoms with E-state index in [1.54, 1.807) is 38.1 Å². The van der Waals surface area contributed by atoms with Crippen LogP contribution in [0.25, 0.3) is 16.7 Å². The van der Waals surface area contributed by atoms with Crippen molar-refractivity contribution in [2.45, 2.75) is 27.3 Å². The minimum Gasteiger partial charge on any atom is -0.355 e. The first-order chi connectivity index (χ1) is 14.3. The zero-order valence-electron chi connectivity index (χ0n) is 16.6. The lowest BCUT2D eigenvalue weighted by Gasteiger charge is -2.06. The number of rotatable bonds is 5. The number of Topliss-reactive ketones (excluding diaryl/α,β-unsaturated/α-hetero) is 2. The molecular weight excluding hydrogens is 406 g/mol. The number of aromatic amines is 1. The van der Waals surface area contributed by atoms with E-state index in [1.165, 1.54) is 28.7 Å². The Kier molecular flexibility index (Phi) is 4.87. The third-order valence-corrected chi connectivity index (χ3v) is 5.22. The number of hydrogen-bond acceptors (Lipinski definition) is 5. The van der Waals surface area contributed by atoms with Crippen LogP contribution < -0.4 is 5.56 Å². The average Bonchev–Trinajstić information content (AvgIpc) is 3.25. The zero-order valence-corrected chi connectivity index (χ0v) is 17.3. The molecule has 0 amide bonds. The van der Waals surface area contributed by atoms with Crippen LogP contribution in [-0.2, 0) is 6.54 Å². The Morgan fingerprint density at radius 3 is 2.67 bits per heavy atom. The van der Waals surface area contributed by atoms with E-state index >= 15 is 0 Å². The molecule has 0 atom stereocenters. The van der Waals surface area contributed by atoms with Crippen LogP contribution in [0.15, 0.2) is 41.6 Å². The zero-order chi connectivity index (χ0) is 21.6. The number of fused-ring (bicyclic) bond motifs is 1. The number of halogens is 1. The second-order valence-corrected chi connectivity index (χ2v) is 7.49. The van der Waals surface area contributed by atoms with Crippen LogP contribution in [0.1, 0.15) is 39.0 Å². The molecule has 3 heterocycles. The lowest BCUT2D eigenvalue weighted by Crippen LogP contribution is -2.25. The molecule has 30 heavy (non-hydrogen) atoms. The SMILES string of the molecule is CC(=O)c1c(C)[nH]c(C(=O)Cn2cnc3c(cnn3-c3cccc(Cl)c3)c2=O)c1C. The Labute approximate surface area is 176 Å². The molecular formula is C21H18ClN5O3. The van der Waals surface area contributed by atoms with Crippen LogP contribution in [0.2, 0.25) is 5.02 Å². The highest BCUT2D eigenvalue weighted by Gasteiger charge is 2.21. The molecule has 8 nitrogen and oxygen atoms in total. The van der Waals surface area contributed by atoms with Gasteiger partial charge in [0.15, 0.2) is 17.2 Å². The fourth-order valence-corrected chi connectivity index (χ4v) is 3.83. The number of aryl methyl sites for hydroxylation is 1. The van der Waals surface area contributed by atoms with Gasteiger partial charge in [0, 0.05) is 16.3 Å². The van der Waals surface area contributed by atoms with E-state index in [9.17, 15) is 14.4 Å². The molecule has 0 aliphatic rings. The maximum absolute atomic E-state index is 12.9. The first-order valence-electron chi connectivity index (χ1n) is 9.20. The van der Waals surface area contributed by atoms with E-state index in [4.69, 9.17) is 11.6 Å². The summed E-state index contributed by atoms with van der Waals surface area (Å²) in [7, 11) is 0. The maximum Gasteiger partial charge on any atom is 0.264 e. The lowest BCUT2D eigenvalue weighted by molar-refractivity contribution is 0.0965. The topological polar surface area (TPSA) is 103 Å². The molecule has 0 radical (unpaired) electrons. The highest BCUT2D eigenvalue weighted by Crippen LogP contribution is 2.20. The van der Waals surface area contributed by atoms with Crippen molar-refractivity contribution in [1.29, 1.82) is 0 Å². The van der Waals surface area contributed by atoms with Gasteiger partial charge >= 0.3 is 0 Å². The van der Waals surface area contributed by atoms with Gasteiger partial charge in [-0.25, -0.2) is 9.67 Å². The third-order valence-electron chi connectivity index (χ3n) is 4.99. The molecule has 0 aliphatic heterocycles. The number of nitrogens with one attached hydrogen (secondary N) is 1. The molecule has 0 spiro atoms. The minimum atomic E-state index is -0.380. The van der Waals surface area contributed by atoms with E-state index in [0.717, 1.165) is 0 Å². The van der Waals surface area contributed by atoms with Crippen LogP contribution in [0.5, 0.6) is 0 Å². The van der Waals surface area contributed by atoms with Crippen LogP contribution in [0.3, 0.4) is 0 Å². The normalized spacial score (nSPS) is 11.2. The van der Waals surface area contributed by atoms with Crippen molar-refractivity contribution in [2.24, 2.45) is 0 Å². The Hall–Kier alpha value is -3.52. The average molecular weight is 424 g/mol. The summed E-state index contributed by atoms with van der Waals surface area (Å²) in [5.41, 5.74) is 2.70. The van der Waals surface area contributed by atoms with Crippen LogP contribution in [0.4, 0.5) is 0 Å². The number of ketones is 2. The van der Waals surface area contributed by atoms with E-state index in [1.807, 2.05) is 0 Å². The minimum absolute atomic E-state index is 0.117. The summed E-state index contributed by atoms with van der Waals surface area (Å²) < 4.78 is 2.75. The van der Waals surface area contributed by atoms with Gasteiger partial charge in [0.25, 0.3) is 5.56 Å². The van der Waals surface area contributed by atoms with Crippen LogP contribution in [0, 0.1) is 13.8 Å². The number of carbonyl (C=O) groups is 2. The highest BCUT2D eigenvalue weighted by molar-refractivity contribution is 6.30. The Balaban J connectivity index is 1.71. The molecule has 152 valence electrons. The quantitative estimate of drug-likeness (QED) is 0.496. The lowest BCUT2D eigenvalue weighted by atomic mass is 10.1. The molecule has 4 aromatic rings. The van der Waals surface area contributed by atoms with Gasteiger partial charge in [-0.2, -0.15) is 5.10 Å². The van der Waals surface area contributed by atoms with Gasteiger partial charge in [-0.1, -0.05) is 17.7 Å². The van der Waals surface area contributed by atoms with E-state index in [2.05, 4.69) is 15.1 Å². The molecule has 0 fully saturated rings. The molecule has 0 bridgehead atoms. The molecule has 1 aromatic carbocycles. The van der Waals surface area contributed by atoms with Crippen molar-refractivity contribution in [3.8, 4) is 5.69 Å². The van der Waals surface area contributed by atoms with Gasteiger partial charge in [0.1, 0.15) is 11.7 Å². The standard InChI is InChI=1S/C21H18ClN5O3/c1-11-18(13(3)28)12(2)25-19(11)17(29)9-26-10-23-20-16(21(26)30)8-24-27(20)15-6-4-5-14(22)7-15/h4-8,10,25H,9H2,1-3H3. The maximum atomic E-state index is 12.9. The van der Waals surface area contributed by atoms with Gasteiger partial charge in [0.05, 0.1) is 24.1 Å². The number of aromatic nitrogens is 5. The fraction of sp³-hybridized carbons (Fsp3) is 0.190. The third kappa shape index (κ3) is 3.25. The van der Waals surface area contributed by atoms with Gasteiger partial charge in [0.2, 0.25) is 0 Å². The molecule has 1 N–H and O–H groups in total. The Morgan fingerprint density at radius 2 is 2.00 bits per heavy atom. The van der Waals surface area contributed by atoms with Crippen molar-refractivity contribution in [2.75, 3.05) is 0 Å². The van der Waals surface area contributed by atoms with E-state index in [0.29, 0.717) is 38.9 Å². The first kappa shape index (κ1) is 19.8. The smallest absolute Gasteiger partial charge is 0.264 e. The molecule has 9 heteroatoms. The summed E-state index contributed by atoms with van der Waals surface area (Å²) >= 11 is 6.04. The molecule has 3 aromatic heterocycles. The fourth-order valence-electron chi connectivity index (χ4n) is 3.65. The van der Waals surface area contributed by atoms with Crippen molar-refractivity contribution in [3.63, 3.8) is 0 Å². The second kappa shape index (κ2) is 7.38. The largest absolute Gasteiger partial charge is 0.355 e. The van der Waals surface area contributed by atoms with Crippen molar-refractivity contribution in [1.82, 2.24) is 24.3 Å². The molecule has 0 saturated carbocycles. The van der Waals surface area contributed by atoms with Crippen LogP contribution >= 0.6 is 11.6 Å². The van der Waals surface area contributed by atoms with Crippen molar-refractivity contribution < 1.29 is 9.59 Å². The monoisotopic (exact) mass is 423 g/mol. The summed E-state index contributed by atoms with van der Waals surface area (Å²) in [6.45, 7) is 4.71. The Morgan fingerprint density at radius 1 is 1.23 bits per heavy atom. The number of carbonyl (C=O) groups excluding carboxylic acids is 2. The predicted molar refractivity (Wildman–Crippen MR) is 113 cm³/mol.